The summed E-state index contributed by atoms with van der Waals surface area (Å²) in [5.41, 5.74) is 1.77. The minimum Gasteiger partial charge on any atom is -0.468 e. The van der Waals surface area contributed by atoms with E-state index in [2.05, 4.69) is 4.98 Å². The second kappa shape index (κ2) is 4.41. The van der Waals surface area contributed by atoms with E-state index in [4.69, 9.17) is 4.74 Å². The quantitative estimate of drug-likeness (QED) is 0.776. The number of carbonyl (C=O) groups is 1. The van der Waals surface area contributed by atoms with Crippen LogP contribution in [0.1, 0.15) is 24.5 Å². The van der Waals surface area contributed by atoms with Crippen LogP contribution in [0.25, 0.3) is 10.9 Å². The Morgan fingerprint density at radius 3 is 2.78 bits per heavy atom. The smallest absolute Gasteiger partial charge is 0.315 e. The molecule has 1 aromatic carbocycles. The highest BCUT2D eigenvalue weighted by Gasteiger charge is 2.39. The Labute approximate surface area is 106 Å². The van der Waals surface area contributed by atoms with E-state index in [1.165, 1.54) is 7.11 Å². The third-order valence-corrected chi connectivity index (χ3v) is 3.49. The van der Waals surface area contributed by atoms with Crippen molar-refractivity contribution in [3.63, 3.8) is 0 Å². The average Bonchev–Trinajstić information content (AvgIpc) is 3.23. The number of aromatic nitrogens is 1. The Kier molecular flexibility index (Phi) is 2.74. The summed E-state index contributed by atoms with van der Waals surface area (Å²) in [6.07, 6.45) is 2.18. The van der Waals surface area contributed by atoms with Gasteiger partial charge in [0.05, 0.1) is 18.3 Å². The molecule has 3 nitrogen and oxygen atoms in total. The Hall–Kier alpha value is -1.90. The molecule has 0 saturated heterocycles. The molecule has 3 rings (SSSR count). The van der Waals surface area contributed by atoms with Crippen molar-refractivity contribution in [2.75, 3.05) is 7.11 Å². The molecule has 0 radical (unpaired) electrons. The van der Waals surface area contributed by atoms with E-state index in [-0.39, 0.29) is 11.9 Å². The molecule has 1 unspecified atom stereocenters. The molecule has 1 saturated carbocycles. The molecular formula is C15H15NO2. The van der Waals surface area contributed by atoms with Crippen molar-refractivity contribution in [3.05, 3.63) is 42.1 Å². The van der Waals surface area contributed by atoms with Gasteiger partial charge in [0, 0.05) is 5.39 Å². The number of fused-ring (bicyclic) bond motifs is 1. The van der Waals surface area contributed by atoms with E-state index in [0.29, 0.717) is 5.92 Å². The zero-order valence-corrected chi connectivity index (χ0v) is 10.3. The highest BCUT2D eigenvalue weighted by molar-refractivity contribution is 5.82. The van der Waals surface area contributed by atoms with Crippen LogP contribution in [0.2, 0.25) is 0 Å². The molecule has 1 aromatic heterocycles. The van der Waals surface area contributed by atoms with Crippen molar-refractivity contribution in [2.24, 2.45) is 5.92 Å². The molecule has 1 fully saturated rings. The maximum Gasteiger partial charge on any atom is 0.315 e. The summed E-state index contributed by atoms with van der Waals surface area (Å²) >= 11 is 0. The van der Waals surface area contributed by atoms with Gasteiger partial charge in [0.25, 0.3) is 0 Å². The van der Waals surface area contributed by atoms with Crippen LogP contribution in [0.15, 0.2) is 36.4 Å². The van der Waals surface area contributed by atoms with Crippen LogP contribution >= 0.6 is 0 Å². The maximum absolute atomic E-state index is 11.9. The SMILES string of the molecule is COC(=O)C(c1ccc2ccccc2n1)C1CC1. The molecule has 92 valence electrons. The van der Waals surface area contributed by atoms with E-state index in [0.717, 1.165) is 29.4 Å². The summed E-state index contributed by atoms with van der Waals surface area (Å²) < 4.78 is 4.90. The van der Waals surface area contributed by atoms with Crippen molar-refractivity contribution in [1.82, 2.24) is 4.98 Å². The number of rotatable bonds is 3. The number of nitrogens with zero attached hydrogens (tertiary/aromatic N) is 1. The second-order valence-electron chi connectivity index (χ2n) is 4.77. The first-order valence-corrected chi connectivity index (χ1v) is 6.23. The normalized spacial score (nSPS) is 16.5. The number of ether oxygens (including phenoxy) is 1. The van der Waals surface area contributed by atoms with Gasteiger partial charge in [0.15, 0.2) is 0 Å². The number of methoxy groups -OCH3 is 1. The number of esters is 1. The molecule has 0 spiro atoms. The standard InChI is InChI=1S/C15H15NO2/c1-18-15(17)14(11-6-7-11)13-9-8-10-4-2-3-5-12(10)16-13/h2-5,8-9,11,14H,6-7H2,1H3. The van der Waals surface area contributed by atoms with E-state index < -0.39 is 0 Å². The third kappa shape index (κ3) is 1.96. The minimum atomic E-state index is -0.195. The van der Waals surface area contributed by atoms with Crippen LogP contribution in [0.4, 0.5) is 0 Å². The van der Waals surface area contributed by atoms with Gasteiger partial charge in [-0.25, -0.2) is 0 Å². The predicted octanol–water partition coefficient (Wildman–Crippen LogP) is 2.90. The first-order valence-electron chi connectivity index (χ1n) is 6.23. The molecule has 0 amide bonds. The molecule has 1 heterocycles. The fraction of sp³-hybridized carbons (Fsp3) is 0.333. The number of benzene rings is 1. The van der Waals surface area contributed by atoms with Crippen molar-refractivity contribution in [1.29, 1.82) is 0 Å². The molecule has 0 N–H and O–H groups in total. The minimum absolute atomic E-state index is 0.166. The highest BCUT2D eigenvalue weighted by Crippen LogP contribution is 2.42. The first kappa shape index (κ1) is 11.2. The molecule has 3 heteroatoms. The third-order valence-electron chi connectivity index (χ3n) is 3.49. The van der Waals surface area contributed by atoms with Crippen LogP contribution in [-0.2, 0) is 9.53 Å². The van der Waals surface area contributed by atoms with Crippen molar-refractivity contribution < 1.29 is 9.53 Å². The van der Waals surface area contributed by atoms with Crippen molar-refractivity contribution in [3.8, 4) is 0 Å². The molecule has 1 aliphatic carbocycles. The summed E-state index contributed by atoms with van der Waals surface area (Å²) in [7, 11) is 1.44. The second-order valence-corrected chi connectivity index (χ2v) is 4.77. The topological polar surface area (TPSA) is 39.2 Å². The van der Waals surface area contributed by atoms with Gasteiger partial charge in [-0.15, -0.1) is 0 Å². The predicted molar refractivity (Wildman–Crippen MR) is 69.2 cm³/mol. The van der Waals surface area contributed by atoms with Gasteiger partial charge in [-0.3, -0.25) is 9.78 Å². The molecule has 0 bridgehead atoms. The largest absolute Gasteiger partial charge is 0.468 e. The number of carbonyl (C=O) groups excluding carboxylic acids is 1. The average molecular weight is 241 g/mol. The van der Waals surface area contributed by atoms with E-state index in [1.54, 1.807) is 0 Å². The van der Waals surface area contributed by atoms with Crippen LogP contribution in [0, 0.1) is 5.92 Å². The van der Waals surface area contributed by atoms with Crippen molar-refractivity contribution >= 4 is 16.9 Å². The van der Waals surface area contributed by atoms with Gasteiger partial charge < -0.3 is 4.74 Å². The van der Waals surface area contributed by atoms with Gasteiger partial charge in [-0.05, 0) is 30.9 Å². The van der Waals surface area contributed by atoms with E-state index in [1.807, 2.05) is 36.4 Å². The summed E-state index contributed by atoms with van der Waals surface area (Å²) in [5, 5.41) is 1.10. The highest BCUT2D eigenvalue weighted by atomic mass is 16.5. The molecule has 1 atom stereocenters. The van der Waals surface area contributed by atoms with Gasteiger partial charge in [0.1, 0.15) is 5.92 Å². The summed E-state index contributed by atoms with van der Waals surface area (Å²) in [5.74, 6) is 0.0472. The monoisotopic (exact) mass is 241 g/mol. The number of hydrogen-bond donors (Lipinski definition) is 0. The lowest BCUT2D eigenvalue weighted by Gasteiger charge is -2.13. The fourth-order valence-corrected chi connectivity index (χ4v) is 2.37. The first-order chi connectivity index (χ1) is 8.79. The molecule has 1 aliphatic rings. The van der Waals surface area contributed by atoms with Crippen LogP contribution in [0.3, 0.4) is 0 Å². The lowest BCUT2D eigenvalue weighted by molar-refractivity contribution is -0.143. The Morgan fingerprint density at radius 1 is 1.28 bits per heavy atom. The Bertz CT molecular complexity index is 590. The van der Waals surface area contributed by atoms with E-state index in [9.17, 15) is 4.79 Å². The van der Waals surface area contributed by atoms with Crippen LogP contribution < -0.4 is 0 Å². The molecular weight excluding hydrogens is 226 g/mol. The Balaban J connectivity index is 2.03. The fourth-order valence-electron chi connectivity index (χ4n) is 2.37. The summed E-state index contributed by atoms with van der Waals surface area (Å²) in [6, 6.07) is 11.9. The van der Waals surface area contributed by atoms with Gasteiger partial charge in [-0.1, -0.05) is 24.3 Å². The molecule has 0 aliphatic heterocycles. The van der Waals surface area contributed by atoms with Gasteiger partial charge >= 0.3 is 5.97 Å². The summed E-state index contributed by atoms with van der Waals surface area (Å²) in [4.78, 5) is 16.5. The number of pyridine rings is 1. The zero-order valence-electron chi connectivity index (χ0n) is 10.3. The van der Waals surface area contributed by atoms with Gasteiger partial charge in [-0.2, -0.15) is 0 Å². The number of para-hydroxylation sites is 1. The maximum atomic E-state index is 11.9. The Morgan fingerprint density at radius 2 is 2.06 bits per heavy atom. The van der Waals surface area contributed by atoms with Gasteiger partial charge in [0.2, 0.25) is 0 Å². The lowest BCUT2D eigenvalue weighted by atomic mass is 9.98. The van der Waals surface area contributed by atoms with E-state index >= 15 is 0 Å². The lowest BCUT2D eigenvalue weighted by Crippen LogP contribution is -2.17. The van der Waals surface area contributed by atoms with Crippen LogP contribution in [0.5, 0.6) is 0 Å². The zero-order chi connectivity index (χ0) is 12.5. The number of hydrogen-bond acceptors (Lipinski definition) is 3. The van der Waals surface area contributed by atoms with Crippen LogP contribution in [-0.4, -0.2) is 18.1 Å². The van der Waals surface area contributed by atoms with Crippen molar-refractivity contribution in [2.45, 2.75) is 18.8 Å². The molecule has 2 aromatic rings. The molecule has 18 heavy (non-hydrogen) atoms. The summed E-state index contributed by atoms with van der Waals surface area (Å²) in [6.45, 7) is 0.